The van der Waals surface area contributed by atoms with Crippen LogP contribution in [0.15, 0.2) is 36.8 Å². The molecule has 0 amide bonds. The summed E-state index contributed by atoms with van der Waals surface area (Å²) in [5.74, 6) is -0.905. The van der Waals surface area contributed by atoms with Gasteiger partial charge in [0, 0.05) is 35.5 Å². The number of ether oxygens (including phenoxy) is 1. The smallest absolute Gasteiger partial charge is 0.316 e. The lowest BCUT2D eigenvalue weighted by molar-refractivity contribution is -0.137. The zero-order valence-corrected chi connectivity index (χ0v) is 18.4. The Kier molecular flexibility index (Phi) is 7.09. The van der Waals surface area contributed by atoms with Crippen LogP contribution in [0.1, 0.15) is 66.4 Å². The number of aliphatic carboxylic acids is 1. The van der Waals surface area contributed by atoms with Crippen molar-refractivity contribution in [2.75, 3.05) is 7.11 Å². The molecule has 0 aliphatic heterocycles. The monoisotopic (exact) mass is 435 g/mol. The number of aryl methyl sites for hydroxylation is 4. The average molecular weight is 436 g/mol. The predicted molar refractivity (Wildman–Crippen MR) is 119 cm³/mol. The Balaban J connectivity index is 1.39. The number of rotatable bonds is 9. The van der Waals surface area contributed by atoms with Gasteiger partial charge in [-0.25, -0.2) is 9.97 Å². The molecule has 0 bridgehead atoms. The van der Waals surface area contributed by atoms with Crippen molar-refractivity contribution in [2.24, 2.45) is 0 Å². The largest absolute Gasteiger partial charge is 0.481 e. The van der Waals surface area contributed by atoms with Crippen LogP contribution in [0, 0.1) is 0 Å². The fourth-order valence-corrected chi connectivity index (χ4v) is 4.21. The van der Waals surface area contributed by atoms with E-state index in [4.69, 9.17) is 9.72 Å². The van der Waals surface area contributed by atoms with E-state index in [2.05, 4.69) is 27.2 Å². The first-order chi connectivity index (χ1) is 15.6. The molecule has 0 saturated heterocycles. The molecule has 0 aromatic carbocycles. The molecule has 3 aromatic heterocycles. The summed E-state index contributed by atoms with van der Waals surface area (Å²) >= 11 is 0. The number of pyridine rings is 1. The standard InChI is InChI=1S/C24H29N5O3/c1-32-24-25-15-18(16-26-24)22(14-23(30)31)29-13-12-20(28-29)8-5-7-19-11-10-17-6-3-2-4-9-21(17)27-19/h10-13,15-16,22H,2-9,14H2,1H3,(H,30,31). The molecule has 1 aliphatic rings. The minimum Gasteiger partial charge on any atom is -0.481 e. The van der Waals surface area contributed by atoms with Crippen molar-refractivity contribution in [1.29, 1.82) is 0 Å². The molecule has 168 valence electrons. The van der Waals surface area contributed by atoms with Gasteiger partial charge in [0.25, 0.3) is 0 Å². The Morgan fingerprint density at radius 2 is 1.88 bits per heavy atom. The van der Waals surface area contributed by atoms with Crippen molar-refractivity contribution in [2.45, 2.75) is 63.8 Å². The third-order valence-corrected chi connectivity index (χ3v) is 5.92. The lowest BCUT2D eigenvalue weighted by atomic mass is 10.1. The summed E-state index contributed by atoms with van der Waals surface area (Å²) in [4.78, 5) is 24.5. The SMILES string of the molecule is COc1ncc(C(CC(=O)O)n2ccc(CCCc3ccc4c(n3)CCCCC4)n2)cn1. The third-order valence-electron chi connectivity index (χ3n) is 5.92. The number of carboxylic acids is 1. The lowest BCUT2D eigenvalue weighted by Crippen LogP contribution is -2.16. The molecule has 1 N–H and O–H groups in total. The Bertz CT molecular complexity index is 1050. The molecule has 0 spiro atoms. The van der Waals surface area contributed by atoms with E-state index >= 15 is 0 Å². The molecule has 0 radical (unpaired) electrons. The number of fused-ring (bicyclic) bond motifs is 1. The minimum absolute atomic E-state index is 0.101. The van der Waals surface area contributed by atoms with E-state index in [1.807, 2.05) is 12.3 Å². The lowest BCUT2D eigenvalue weighted by Gasteiger charge is -2.15. The van der Waals surface area contributed by atoms with Gasteiger partial charge in [-0.2, -0.15) is 5.10 Å². The van der Waals surface area contributed by atoms with Gasteiger partial charge in [-0.3, -0.25) is 14.5 Å². The van der Waals surface area contributed by atoms with Gasteiger partial charge in [0.2, 0.25) is 0 Å². The van der Waals surface area contributed by atoms with E-state index in [-0.39, 0.29) is 12.4 Å². The number of carboxylic acid groups (broad SMARTS) is 1. The topological polar surface area (TPSA) is 103 Å². The van der Waals surface area contributed by atoms with Crippen LogP contribution in [-0.2, 0) is 30.5 Å². The second-order valence-electron chi connectivity index (χ2n) is 8.23. The molecule has 1 unspecified atom stereocenters. The summed E-state index contributed by atoms with van der Waals surface area (Å²) in [7, 11) is 1.49. The van der Waals surface area contributed by atoms with Gasteiger partial charge in [-0.05, 0) is 62.6 Å². The van der Waals surface area contributed by atoms with E-state index in [1.165, 1.54) is 37.6 Å². The zero-order chi connectivity index (χ0) is 22.3. The van der Waals surface area contributed by atoms with Gasteiger partial charge in [0.1, 0.15) is 0 Å². The van der Waals surface area contributed by atoms with Gasteiger partial charge in [-0.1, -0.05) is 12.5 Å². The number of aromatic nitrogens is 5. The number of methoxy groups -OCH3 is 1. The Labute approximate surface area is 187 Å². The summed E-state index contributed by atoms with van der Waals surface area (Å²) < 4.78 is 6.68. The Morgan fingerprint density at radius 1 is 1.09 bits per heavy atom. The summed E-state index contributed by atoms with van der Waals surface area (Å²) in [6.45, 7) is 0. The number of nitrogens with zero attached hydrogens (tertiary/aromatic N) is 5. The Morgan fingerprint density at radius 3 is 2.66 bits per heavy atom. The van der Waals surface area contributed by atoms with E-state index in [9.17, 15) is 9.90 Å². The molecule has 0 saturated carbocycles. The second-order valence-corrected chi connectivity index (χ2v) is 8.23. The van der Waals surface area contributed by atoms with Crippen LogP contribution < -0.4 is 4.74 Å². The van der Waals surface area contributed by atoms with Gasteiger partial charge in [0.15, 0.2) is 0 Å². The quantitative estimate of drug-likeness (QED) is 0.512. The molecule has 0 fully saturated rings. The molecular formula is C24H29N5O3. The first kappa shape index (κ1) is 21.9. The Hall–Kier alpha value is -3.29. The maximum atomic E-state index is 11.4. The highest BCUT2D eigenvalue weighted by Crippen LogP contribution is 2.22. The maximum Gasteiger partial charge on any atom is 0.316 e. The van der Waals surface area contributed by atoms with Crippen LogP contribution in [0.3, 0.4) is 0 Å². The molecule has 8 nitrogen and oxygen atoms in total. The van der Waals surface area contributed by atoms with Gasteiger partial charge < -0.3 is 9.84 Å². The second kappa shape index (κ2) is 10.3. The molecule has 1 aliphatic carbocycles. The van der Waals surface area contributed by atoms with Crippen molar-refractivity contribution in [3.8, 4) is 6.01 Å². The van der Waals surface area contributed by atoms with Crippen molar-refractivity contribution in [1.82, 2.24) is 24.7 Å². The van der Waals surface area contributed by atoms with E-state index in [0.29, 0.717) is 5.56 Å². The zero-order valence-electron chi connectivity index (χ0n) is 18.4. The molecule has 4 rings (SSSR count). The van der Waals surface area contributed by atoms with Crippen LogP contribution in [0.4, 0.5) is 0 Å². The number of hydrogen-bond acceptors (Lipinski definition) is 6. The molecule has 3 heterocycles. The number of hydrogen-bond donors (Lipinski definition) is 1. The summed E-state index contributed by atoms with van der Waals surface area (Å²) in [5.41, 5.74) is 5.45. The molecule has 3 aromatic rings. The van der Waals surface area contributed by atoms with Crippen molar-refractivity contribution in [3.05, 3.63) is 65.0 Å². The minimum atomic E-state index is -0.905. The summed E-state index contributed by atoms with van der Waals surface area (Å²) in [5, 5.41) is 14.0. The average Bonchev–Trinajstić information content (AvgIpc) is 3.14. The fourth-order valence-electron chi connectivity index (χ4n) is 4.21. The molecule has 32 heavy (non-hydrogen) atoms. The van der Waals surface area contributed by atoms with E-state index in [1.54, 1.807) is 17.1 Å². The highest BCUT2D eigenvalue weighted by Gasteiger charge is 2.20. The maximum absolute atomic E-state index is 11.4. The van der Waals surface area contributed by atoms with Crippen LogP contribution >= 0.6 is 0 Å². The molecular weight excluding hydrogens is 406 g/mol. The number of carbonyl (C=O) groups is 1. The van der Waals surface area contributed by atoms with Crippen LogP contribution in [0.25, 0.3) is 0 Å². The van der Waals surface area contributed by atoms with E-state index in [0.717, 1.165) is 43.5 Å². The molecule has 8 heteroatoms. The first-order valence-corrected chi connectivity index (χ1v) is 11.2. The fraction of sp³-hybridized carbons (Fsp3) is 0.458. The highest BCUT2D eigenvalue weighted by atomic mass is 16.5. The van der Waals surface area contributed by atoms with Crippen LogP contribution in [0.5, 0.6) is 6.01 Å². The van der Waals surface area contributed by atoms with Gasteiger partial charge >= 0.3 is 12.0 Å². The van der Waals surface area contributed by atoms with Crippen molar-refractivity contribution in [3.63, 3.8) is 0 Å². The summed E-state index contributed by atoms with van der Waals surface area (Å²) in [6.07, 6.45) is 13.6. The predicted octanol–water partition coefficient (Wildman–Crippen LogP) is 3.59. The highest BCUT2D eigenvalue weighted by molar-refractivity contribution is 5.68. The van der Waals surface area contributed by atoms with Crippen LogP contribution in [0.2, 0.25) is 0 Å². The summed E-state index contributed by atoms with van der Waals surface area (Å²) in [6, 6.07) is 6.14. The van der Waals surface area contributed by atoms with Gasteiger partial charge in [-0.15, -0.1) is 0 Å². The van der Waals surface area contributed by atoms with Crippen molar-refractivity contribution < 1.29 is 14.6 Å². The van der Waals surface area contributed by atoms with Gasteiger partial charge in [0.05, 0.1) is 25.3 Å². The van der Waals surface area contributed by atoms with Crippen molar-refractivity contribution >= 4 is 5.97 Å². The third kappa shape index (κ3) is 5.49. The van der Waals surface area contributed by atoms with Crippen LogP contribution in [-0.4, -0.2) is 42.9 Å². The first-order valence-electron chi connectivity index (χ1n) is 11.2. The molecule has 1 atom stereocenters. The normalized spacial score (nSPS) is 14.4. The van der Waals surface area contributed by atoms with E-state index < -0.39 is 12.0 Å².